The first kappa shape index (κ1) is 19.2. The number of carbonyl (C=O) groups excluding carboxylic acids is 1. The Morgan fingerprint density at radius 2 is 2.19 bits per heavy atom. The number of furan rings is 1. The highest BCUT2D eigenvalue weighted by atomic mass is 32.2. The van der Waals surface area contributed by atoms with Crippen molar-refractivity contribution in [3.8, 4) is 5.75 Å². The van der Waals surface area contributed by atoms with Crippen LogP contribution in [0.5, 0.6) is 5.75 Å². The number of hydrogen-bond donors (Lipinski definition) is 1. The molecule has 0 spiro atoms. The van der Waals surface area contributed by atoms with Gasteiger partial charge in [-0.3, -0.25) is 4.79 Å². The maximum absolute atomic E-state index is 12.3. The summed E-state index contributed by atoms with van der Waals surface area (Å²) in [7, 11) is 3.39. The lowest BCUT2D eigenvalue weighted by atomic mass is 10.3. The van der Waals surface area contributed by atoms with E-state index in [1.807, 2.05) is 43.3 Å². The van der Waals surface area contributed by atoms with Gasteiger partial charge in [0.25, 0.3) is 0 Å². The summed E-state index contributed by atoms with van der Waals surface area (Å²) in [6, 6.07) is 11.3. The van der Waals surface area contributed by atoms with Gasteiger partial charge in [-0.1, -0.05) is 29.2 Å². The summed E-state index contributed by atoms with van der Waals surface area (Å²) < 4.78 is 11.4. The Balaban J connectivity index is 1.50. The second-order valence-corrected chi connectivity index (χ2v) is 7.98. The van der Waals surface area contributed by atoms with Crippen molar-refractivity contribution in [3.05, 3.63) is 47.9 Å². The highest BCUT2D eigenvalue weighted by Crippen LogP contribution is 2.28. The molecule has 0 saturated heterocycles. The number of carbonyl (C=O) groups is 1. The van der Waals surface area contributed by atoms with E-state index >= 15 is 0 Å². The third-order valence-electron chi connectivity index (χ3n) is 3.66. The third kappa shape index (κ3) is 5.48. The molecule has 1 amide bonds. The summed E-state index contributed by atoms with van der Waals surface area (Å²) in [5, 5.41) is 12.1. The Labute approximate surface area is 165 Å². The largest absolute Gasteiger partial charge is 0.497 e. The van der Waals surface area contributed by atoms with Gasteiger partial charge in [0.05, 0.1) is 19.4 Å². The molecular formula is C18H20N4O3S2. The molecule has 0 atom stereocenters. The van der Waals surface area contributed by atoms with Gasteiger partial charge in [-0.15, -0.1) is 10.2 Å². The van der Waals surface area contributed by atoms with E-state index in [2.05, 4.69) is 15.5 Å². The van der Waals surface area contributed by atoms with Crippen molar-refractivity contribution in [1.29, 1.82) is 0 Å². The molecule has 3 rings (SSSR count). The minimum absolute atomic E-state index is 0.00607. The summed E-state index contributed by atoms with van der Waals surface area (Å²) in [6.45, 7) is 2.33. The maximum atomic E-state index is 12.3. The van der Waals surface area contributed by atoms with Crippen molar-refractivity contribution >= 4 is 39.8 Å². The highest BCUT2D eigenvalue weighted by Gasteiger charge is 2.14. The molecule has 9 heteroatoms. The number of hydrogen-bond acceptors (Lipinski definition) is 8. The van der Waals surface area contributed by atoms with Crippen LogP contribution in [0, 0.1) is 6.92 Å². The number of methoxy groups -OCH3 is 1. The third-order valence-corrected chi connectivity index (χ3v) is 5.62. The van der Waals surface area contributed by atoms with Gasteiger partial charge in [-0.2, -0.15) is 0 Å². The molecular weight excluding hydrogens is 384 g/mol. The molecule has 7 nitrogen and oxygen atoms in total. The number of nitrogens with one attached hydrogen (secondary N) is 1. The van der Waals surface area contributed by atoms with Gasteiger partial charge >= 0.3 is 0 Å². The summed E-state index contributed by atoms with van der Waals surface area (Å²) in [4.78, 5) is 13.9. The summed E-state index contributed by atoms with van der Waals surface area (Å²) in [5.41, 5.74) is 0.867. The number of nitrogens with zero attached hydrogens (tertiary/aromatic N) is 3. The zero-order chi connectivity index (χ0) is 19.2. The Bertz CT molecular complexity index is 909. The van der Waals surface area contributed by atoms with Gasteiger partial charge in [0.1, 0.15) is 17.3 Å². The fourth-order valence-corrected chi connectivity index (χ4v) is 3.98. The maximum Gasteiger partial charge on any atom is 0.233 e. The molecule has 0 aliphatic rings. The summed E-state index contributed by atoms with van der Waals surface area (Å²) in [6.07, 6.45) is 0. The molecule has 0 aliphatic carbocycles. The molecule has 0 saturated carbocycles. The Hall–Kier alpha value is -2.52. The lowest BCUT2D eigenvalue weighted by Crippen LogP contribution is -2.27. The molecule has 0 fully saturated rings. The van der Waals surface area contributed by atoms with Crippen molar-refractivity contribution in [2.24, 2.45) is 0 Å². The smallest absolute Gasteiger partial charge is 0.233 e. The fourth-order valence-electron chi connectivity index (χ4n) is 2.27. The molecule has 1 N–H and O–H groups in total. The molecule has 0 unspecified atom stereocenters. The van der Waals surface area contributed by atoms with Crippen LogP contribution in [0.3, 0.4) is 0 Å². The molecule has 27 heavy (non-hydrogen) atoms. The molecule has 0 aliphatic heterocycles. The monoisotopic (exact) mass is 404 g/mol. The average Bonchev–Trinajstić information content (AvgIpc) is 3.28. The van der Waals surface area contributed by atoms with Crippen LogP contribution in [0.1, 0.15) is 11.5 Å². The Morgan fingerprint density at radius 3 is 2.93 bits per heavy atom. The van der Waals surface area contributed by atoms with Crippen LogP contribution in [0.4, 0.5) is 10.8 Å². The zero-order valence-corrected chi connectivity index (χ0v) is 16.9. The predicted octanol–water partition coefficient (Wildman–Crippen LogP) is 3.94. The first-order chi connectivity index (χ1) is 13.0. The van der Waals surface area contributed by atoms with Crippen molar-refractivity contribution < 1.29 is 13.9 Å². The second-order valence-electron chi connectivity index (χ2n) is 5.78. The normalized spacial score (nSPS) is 10.6. The van der Waals surface area contributed by atoms with E-state index < -0.39 is 0 Å². The van der Waals surface area contributed by atoms with E-state index in [4.69, 9.17) is 9.15 Å². The van der Waals surface area contributed by atoms with Crippen LogP contribution in [-0.2, 0) is 11.3 Å². The van der Waals surface area contributed by atoms with Gasteiger partial charge in [-0.05, 0) is 31.2 Å². The molecule has 2 heterocycles. The Morgan fingerprint density at radius 1 is 1.33 bits per heavy atom. The molecule has 142 valence electrons. The van der Waals surface area contributed by atoms with E-state index in [0.29, 0.717) is 17.4 Å². The van der Waals surface area contributed by atoms with E-state index in [1.165, 1.54) is 23.1 Å². The van der Waals surface area contributed by atoms with Crippen LogP contribution in [0.2, 0.25) is 0 Å². The second kappa shape index (κ2) is 8.92. The van der Waals surface area contributed by atoms with Crippen LogP contribution in [0.15, 0.2) is 45.2 Å². The van der Waals surface area contributed by atoms with Gasteiger partial charge in [0.15, 0.2) is 4.34 Å². The number of aromatic nitrogens is 2. The predicted molar refractivity (Wildman–Crippen MR) is 107 cm³/mol. The zero-order valence-electron chi connectivity index (χ0n) is 15.3. The van der Waals surface area contributed by atoms with E-state index in [1.54, 1.807) is 19.1 Å². The van der Waals surface area contributed by atoms with Crippen LogP contribution in [0.25, 0.3) is 0 Å². The van der Waals surface area contributed by atoms with Crippen LogP contribution < -0.4 is 10.1 Å². The highest BCUT2D eigenvalue weighted by molar-refractivity contribution is 8.01. The minimum Gasteiger partial charge on any atom is -0.497 e. The number of aryl methyl sites for hydroxylation is 1. The SMILES string of the molecule is COc1cccc(Nc2nnc(SCC(=O)N(C)Cc3ccc(C)o3)s2)c1. The standard InChI is InChI=1S/C18H20N4O3S2/c1-12-7-8-15(25-12)10-22(2)16(23)11-26-18-21-20-17(27-18)19-13-5-4-6-14(9-13)24-3/h4-9H,10-11H2,1-3H3,(H,19,20). The quantitative estimate of drug-likeness (QED) is 0.570. The van der Waals surface area contributed by atoms with E-state index in [0.717, 1.165) is 27.3 Å². The van der Waals surface area contributed by atoms with Crippen LogP contribution in [-0.4, -0.2) is 40.9 Å². The van der Waals surface area contributed by atoms with Crippen molar-refractivity contribution in [3.63, 3.8) is 0 Å². The Kier molecular flexibility index (Phi) is 6.36. The number of amides is 1. The molecule has 3 aromatic rings. The van der Waals surface area contributed by atoms with Crippen LogP contribution >= 0.6 is 23.1 Å². The topological polar surface area (TPSA) is 80.5 Å². The van der Waals surface area contributed by atoms with E-state index in [-0.39, 0.29) is 5.91 Å². The molecule has 0 radical (unpaired) electrons. The van der Waals surface area contributed by atoms with E-state index in [9.17, 15) is 4.79 Å². The minimum atomic E-state index is 0.00607. The van der Waals surface area contributed by atoms with Gasteiger partial charge < -0.3 is 19.4 Å². The summed E-state index contributed by atoms with van der Waals surface area (Å²) in [5.74, 6) is 2.68. The lowest BCUT2D eigenvalue weighted by molar-refractivity contribution is -0.127. The molecule has 2 aromatic heterocycles. The van der Waals surface area contributed by atoms with Gasteiger partial charge in [0.2, 0.25) is 11.0 Å². The first-order valence-corrected chi connectivity index (χ1v) is 10.0. The molecule has 0 bridgehead atoms. The number of benzene rings is 1. The molecule has 1 aromatic carbocycles. The van der Waals surface area contributed by atoms with Gasteiger partial charge in [-0.25, -0.2) is 0 Å². The van der Waals surface area contributed by atoms with Crippen molar-refractivity contribution in [1.82, 2.24) is 15.1 Å². The summed E-state index contributed by atoms with van der Waals surface area (Å²) >= 11 is 2.77. The number of thioether (sulfide) groups is 1. The number of rotatable bonds is 8. The number of anilines is 2. The fraction of sp³-hybridized carbons (Fsp3) is 0.278. The number of ether oxygens (including phenoxy) is 1. The van der Waals surface area contributed by atoms with Crippen molar-refractivity contribution in [2.75, 3.05) is 25.2 Å². The average molecular weight is 405 g/mol. The first-order valence-electron chi connectivity index (χ1n) is 8.20. The van der Waals surface area contributed by atoms with Crippen molar-refractivity contribution in [2.45, 2.75) is 17.8 Å². The lowest BCUT2D eigenvalue weighted by Gasteiger charge is -2.14. The van der Waals surface area contributed by atoms with Gasteiger partial charge in [0, 0.05) is 18.8 Å².